The third kappa shape index (κ3) is 1.25. The van der Waals surface area contributed by atoms with Gasteiger partial charge in [-0.2, -0.15) is 0 Å². The Kier molecular flexibility index (Phi) is 2.33. The summed E-state index contributed by atoms with van der Waals surface area (Å²) in [5, 5.41) is 0. The van der Waals surface area contributed by atoms with Gasteiger partial charge in [0.2, 0.25) is 0 Å². The number of hydrogen-bond acceptors (Lipinski definition) is 1. The van der Waals surface area contributed by atoms with Crippen molar-refractivity contribution in [1.82, 2.24) is 0 Å². The van der Waals surface area contributed by atoms with Crippen molar-refractivity contribution in [3.63, 3.8) is 0 Å². The lowest BCUT2D eigenvalue weighted by Gasteiger charge is -2.48. The van der Waals surface area contributed by atoms with Gasteiger partial charge in [0, 0.05) is 11.8 Å². The number of carbonyl (C=O) groups excluding carboxylic acids is 1. The van der Waals surface area contributed by atoms with E-state index in [2.05, 4.69) is 27.4 Å². The van der Waals surface area contributed by atoms with Crippen LogP contribution < -0.4 is 0 Å². The average molecular weight is 206 g/mol. The summed E-state index contributed by atoms with van der Waals surface area (Å²) in [5.41, 5.74) is 0.120. The maximum absolute atomic E-state index is 12.1. The predicted octanol–water partition coefficient (Wildman–Crippen LogP) is 3.59. The minimum absolute atomic E-state index is 0.252. The Morgan fingerprint density at radius 3 is 2.67 bits per heavy atom. The summed E-state index contributed by atoms with van der Waals surface area (Å²) in [7, 11) is 0. The van der Waals surface area contributed by atoms with Gasteiger partial charge in [-0.05, 0) is 43.4 Å². The van der Waals surface area contributed by atoms with Crippen LogP contribution in [0.1, 0.15) is 46.5 Å². The van der Waals surface area contributed by atoms with Crippen LogP contribution in [0.25, 0.3) is 0 Å². The van der Waals surface area contributed by atoms with Gasteiger partial charge in [0.25, 0.3) is 0 Å². The predicted molar refractivity (Wildman–Crippen MR) is 62.5 cm³/mol. The number of rotatable bonds is 1. The molecule has 0 aromatic carbocycles. The SMILES string of the molecule is C=CC1(C)C(=O)CCC2(C)C(C)CCC12. The molecule has 84 valence electrons. The van der Waals surface area contributed by atoms with E-state index < -0.39 is 0 Å². The molecule has 1 nitrogen and oxygen atoms in total. The highest BCUT2D eigenvalue weighted by Crippen LogP contribution is 2.60. The topological polar surface area (TPSA) is 17.1 Å². The number of fused-ring (bicyclic) bond motifs is 1. The first kappa shape index (κ1) is 10.9. The highest BCUT2D eigenvalue weighted by atomic mass is 16.1. The summed E-state index contributed by atoms with van der Waals surface area (Å²) < 4.78 is 0. The lowest BCUT2D eigenvalue weighted by molar-refractivity contribution is -0.136. The first-order valence-electron chi connectivity index (χ1n) is 6.12. The first-order chi connectivity index (χ1) is 6.95. The largest absolute Gasteiger partial charge is 0.299 e. The molecule has 0 N–H and O–H groups in total. The molecular weight excluding hydrogens is 184 g/mol. The van der Waals surface area contributed by atoms with Crippen LogP contribution >= 0.6 is 0 Å². The van der Waals surface area contributed by atoms with Crippen molar-refractivity contribution in [2.45, 2.75) is 46.5 Å². The standard InChI is InChI=1S/C14H22O/c1-5-13(3)11-7-6-10(2)14(11,4)9-8-12(13)15/h5,10-11H,1,6-9H2,2-4H3. The molecule has 2 aliphatic rings. The van der Waals surface area contributed by atoms with Gasteiger partial charge in [-0.1, -0.05) is 19.9 Å². The molecule has 1 heteroatoms. The molecule has 0 spiro atoms. The van der Waals surface area contributed by atoms with E-state index in [-0.39, 0.29) is 5.41 Å². The second kappa shape index (κ2) is 3.20. The molecule has 0 saturated heterocycles. The van der Waals surface area contributed by atoms with Crippen LogP contribution in [0.15, 0.2) is 12.7 Å². The highest BCUT2D eigenvalue weighted by Gasteiger charge is 2.56. The Hall–Kier alpha value is -0.590. The first-order valence-corrected chi connectivity index (χ1v) is 6.12. The fourth-order valence-electron chi connectivity index (χ4n) is 3.93. The molecule has 0 heterocycles. The van der Waals surface area contributed by atoms with Crippen LogP contribution in [0.5, 0.6) is 0 Å². The number of allylic oxidation sites excluding steroid dienone is 1. The van der Waals surface area contributed by atoms with Gasteiger partial charge in [0.1, 0.15) is 5.78 Å². The second-order valence-electron chi connectivity index (χ2n) is 5.95. The molecule has 0 bridgehead atoms. The number of ketones is 1. The van der Waals surface area contributed by atoms with Crippen LogP contribution in [0.2, 0.25) is 0 Å². The summed E-state index contributed by atoms with van der Waals surface area (Å²) in [5.74, 6) is 1.70. The molecule has 0 aromatic heterocycles. The third-order valence-corrected chi connectivity index (χ3v) is 5.45. The van der Waals surface area contributed by atoms with E-state index in [1.54, 1.807) is 0 Å². The minimum Gasteiger partial charge on any atom is -0.299 e. The minimum atomic E-state index is -0.252. The number of Topliss-reactive ketones (excluding diaryl/α,β-unsaturated/α-hetero) is 1. The van der Waals surface area contributed by atoms with Gasteiger partial charge >= 0.3 is 0 Å². The Morgan fingerprint density at radius 1 is 1.40 bits per heavy atom. The third-order valence-electron chi connectivity index (χ3n) is 5.45. The quantitative estimate of drug-likeness (QED) is 0.599. The Balaban J connectivity index is 2.41. The summed E-state index contributed by atoms with van der Waals surface area (Å²) in [6.45, 7) is 10.7. The number of hydrogen-bond donors (Lipinski definition) is 0. The van der Waals surface area contributed by atoms with Gasteiger partial charge in [-0.15, -0.1) is 6.58 Å². The average Bonchev–Trinajstić information content (AvgIpc) is 2.52. The smallest absolute Gasteiger partial charge is 0.142 e. The van der Waals surface area contributed by atoms with Crippen LogP contribution in [0, 0.1) is 22.7 Å². The van der Waals surface area contributed by atoms with Crippen molar-refractivity contribution < 1.29 is 4.79 Å². The Morgan fingerprint density at radius 2 is 2.07 bits per heavy atom. The van der Waals surface area contributed by atoms with Crippen LogP contribution in [0.3, 0.4) is 0 Å². The van der Waals surface area contributed by atoms with E-state index in [1.165, 1.54) is 12.8 Å². The van der Waals surface area contributed by atoms with Crippen molar-refractivity contribution in [1.29, 1.82) is 0 Å². The monoisotopic (exact) mass is 206 g/mol. The van der Waals surface area contributed by atoms with Crippen molar-refractivity contribution in [3.05, 3.63) is 12.7 Å². The zero-order valence-electron chi connectivity index (χ0n) is 10.2. The molecule has 2 aliphatic carbocycles. The van der Waals surface area contributed by atoms with Crippen molar-refractivity contribution in [2.24, 2.45) is 22.7 Å². The summed E-state index contributed by atoms with van der Waals surface area (Å²) in [4.78, 5) is 12.1. The molecule has 2 rings (SSSR count). The van der Waals surface area contributed by atoms with Gasteiger partial charge in [0.05, 0.1) is 0 Å². The maximum atomic E-state index is 12.1. The fourth-order valence-corrected chi connectivity index (χ4v) is 3.93. The molecule has 0 amide bonds. The van der Waals surface area contributed by atoms with Gasteiger partial charge in [0.15, 0.2) is 0 Å². The molecule has 0 aliphatic heterocycles. The zero-order chi connectivity index (χ0) is 11.3. The Bertz CT molecular complexity index is 306. The van der Waals surface area contributed by atoms with Gasteiger partial charge < -0.3 is 0 Å². The lowest BCUT2D eigenvalue weighted by Crippen LogP contribution is -2.47. The molecule has 2 fully saturated rings. The van der Waals surface area contributed by atoms with Gasteiger partial charge in [-0.25, -0.2) is 0 Å². The van der Waals surface area contributed by atoms with Crippen molar-refractivity contribution in [2.75, 3.05) is 0 Å². The van der Waals surface area contributed by atoms with Crippen molar-refractivity contribution in [3.8, 4) is 0 Å². The molecular formula is C14H22O. The van der Waals surface area contributed by atoms with E-state index in [0.717, 1.165) is 18.8 Å². The zero-order valence-corrected chi connectivity index (χ0v) is 10.2. The van der Waals surface area contributed by atoms with Crippen LogP contribution in [-0.4, -0.2) is 5.78 Å². The van der Waals surface area contributed by atoms with E-state index >= 15 is 0 Å². The molecule has 4 atom stereocenters. The van der Waals surface area contributed by atoms with E-state index in [1.807, 2.05) is 6.08 Å². The normalized spacial score (nSPS) is 50.2. The summed E-state index contributed by atoms with van der Waals surface area (Å²) >= 11 is 0. The van der Waals surface area contributed by atoms with Gasteiger partial charge in [-0.3, -0.25) is 4.79 Å². The summed E-state index contributed by atoms with van der Waals surface area (Å²) in [6.07, 6.45) is 6.22. The second-order valence-corrected chi connectivity index (χ2v) is 5.95. The Labute approximate surface area is 92.9 Å². The summed E-state index contributed by atoms with van der Waals surface area (Å²) in [6, 6.07) is 0. The fraction of sp³-hybridized carbons (Fsp3) is 0.786. The molecule has 2 saturated carbocycles. The highest BCUT2D eigenvalue weighted by molar-refractivity contribution is 5.87. The van der Waals surface area contributed by atoms with E-state index in [4.69, 9.17) is 0 Å². The molecule has 15 heavy (non-hydrogen) atoms. The van der Waals surface area contributed by atoms with Crippen molar-refractivity contribution >= 4 is 5.78 Å². The lowest BCUT2D eigenvalue weighted by atomic mass is 9.55. The molecule has 4 unspecified atom stereocenters. The van der Waals surface area contributed by atoms with Crippen LogP contribution in [-0.2, 0) is 4.79 Å². The van der Waals surface area contributed by atoms with E-state index in [9.17, 15) is 4.79 Å². The number of carbonyl (C=O) groups is 1. The molecule has 0 radical (unpaired) electrons. The van der Waals surface area contributed by atoms with Crippen LogP contribution in [0.4, 0.5) is 0 Å². The maximum Gasteiger partial charge on any atom is 0.142 e. The van der Waals surface area contributed by atoms with E-state index in [0.29, 0.717) is 17.1 Å². The molecule has 0 aromatic rings.